The van der Waals surface area contributed by atoms with Crippen LogP contribution in [0.3, 0.4) is 0 Å². The van der Waals surface area contributed by atoms with E-state index in [9.17, 15) is 0 Å². The number of alkyl halides is 1. The van der Waals surface area contributed by atoms with Crippen molar-refractivity contribution in [1.29, 1.82) is 0 Å². The van der Waals surface area contributed by atoms with E-state index in [0.29, 0.717) is 6.04 Å². The number of aromatic nitrogens is 3. The third kappa shape index (κ3) is 1.92. The number of nitrogens with zero attached hydrogens (tertiary/aromatic N) is 4. The van der Waals surface area contributed by atoms with Crippen LogP contribution in [0, 0.1) is 0 Å². The number of pyridine rings is 1. The van der Waals surface area contributed by atoms with Crippen molar-refractivity contribution in [2.75, 3.05) is 16.8 Å². The highest BCUT2D eigenvalue weighted by molar-refractivity contribution is 9.09. The van der Waals surface area contributed by atoms with Crippen molar-refractivity contribution >= 4 is 32.8 Å². The fourth-order valence-electron chi connectivity index (χ4n) is 2.20. The van der Waals surface area contributed by atoms with Gasteiger partial charge in [0.1, 0.15) is 5.52 Å². The van der Waals surface area contributed by atoms with Crippen molar-refractivity contribution in [1.82, 2.24) is 14.5 Å². The lowest BCUT2D eigenvalue weighted by Gasteiger charge is -2.22. The highest BCUT2D eigenvalue weighted by Gasteiger charge is 2.30. The summed E-state index contributed by atoms with van der Waals surface area (Å²) in [7, 11) is 2.02. The Bertz CT molecular complexity index is 532. The minimum atomic E-state index is 0.660. The molecule has 0 radical (unpaired) electrons. The second-order valence-corrected chi connectivity index (χ2v) is 5.26. The zero-order valence-corrected chi connectivity index (χ0v) is 11.4. The maximum absolute atomic E-state index is 4.53. The lowest BCUT2D eigenvalue weighted by Crippen LogP contribution is -2.28. The summed E-state index contributed by atoms with van der Waals surface area (Å²) >= 11 is 3.52. The van der Waals surface area contributed by atoms with Crippen molar-refractivity contribution in [2.24, 2.45) is 7.05 Å². The molecule has 0 saturated heterocycles. The van der Waals surface area contributed by atoms with Crippen LogP contribution < -0.4 is 4.90 Å². The van der Waals surface area contributed by atoms with Crippen molar-refractivity contribution < 1.29 is 0 Å². The Morgan fingerprint density at radius 3 is 3.00 bits per heavy atom. The van der Waals surface area contributed by atoms with Gasteiger partial charge in [-0.15, -0.1) is 0 Å². The molecule has 17 heavy (non-hydrogen) atoms. The van der Waals surface area contributed by atoms with E-state index in [4.69, 9.17) is 0 Å². The van der Waals surface area contributed by atoms with Gasteiger partial charge in [-0.3, -0.25) is 0 Å². The van der Waals surface area contributed by atoms with Crippen molar-refractivity contribution in [3.63, 3.8) is 0 Å². The average molecular weight is 295 g/mol. The molecule has 0 aliphatic heterocycles. The van der Waals surface area contributed by atoms with Gasteiger partial charge in [-0.1, -0.05) is 15.9 Å². The van der Waals surface area contributed by atoms with Crippen LogP contribution in [0.1, 0.15) is 12.8 Å². The Morgan fingerprint density at radius 2 is 2.29 bits per heavy atom. The summed E-state index contributed by atoms with van der Waals surface area (Å²) in [5.41, 5.74) is 2.16. The molecule has 0 N–H and O–H groups in total. The van der Waals surface area contributed by atoms with Crippen LogP contribution in [0.15, 0.2) is 18.6 Å². The van der Waals surface area contributed by atoms with E-state index in [1.165, 1.54) is 12.8 Å². The Hall–Kier alpha value is -1.10. The molecular formula is C12H15BrN4. The fourth-order valence-corrected chi connectivity index (χ4v) is 2.58. The summed E-state index contributed by atoms with van der Waals surface area (Å²) < 4.78 is 2.04. The lowest BCUT2D eigenvalue weighted by molar-refractivity contribution is 0.820. The van der Waals surface area contributed by atoms with Gasteiger partial charge in [0.25, 0.3) is 0 Å². The molecule has 0 amide bonds. The first-order valence-electron chi connectivity index (χ1n) is 5.90. The smallest absolute Gasteiger partial charge is 0.157 e. The van der Waals surface area contributed by atoms with Crippen molar-refractivity contribution in [3.05, 3.63) is 18.6 Å². The lowest BCUT2D eigenvalue weighted by atomic mass is 10.3. The van der Waals surface area contributed by atoms with E-state index < -0.39 is 0 Å². The predicted molar refractivity (Wildman–Crippen MR) is 72.7 cm³/mol. The quantitative estimate of drug-likeness (QED) is 0.812. The van der Waals surface area contributed by atoms with E-state index in [0.717, 1.165) is 28.7 Å². The summed E-state index contributed by atoms with van der Waals surface area (Å²) in [4.78, 5) is 11.4. The molecule has 0 unspecified atom stereocenters. The number of hydrogen-bond donors (Lipinski definition) is 0. The molecule has 0 spiro atoms. The van der Waals surface area contributed by atoms with E-state index in [1.54, 1.807) is 0 Å². The molecule has 90 valence electrons. The number of fused-ring (bicyclic) bond motifs is 1. The Balaban J connectivity index is 2.08. The summed E-state index contributed by atoms with van der Waals surface area (Å²) in [5.74, 6) is 1.03. The van der Waals surface area contributed by atoms with Crippen molar-refractivity contribution in [3.8, 4) is 0 Å². The maximum atomic E-state index is 4.53. The van der Waals surface area contributed by atoms with Gasteiger partial charge < -0.3 is 9.47 Å². The number of hydrogen-bond acceptors (Lipinski definition) is 3. The summed E-state index contributed by atoms with van der Waals surface area (Å²) in [6, 6.07) is 2.68. The standard InChI is InChI=1S/C12H15BrN4/c1-16-8-15-11-10(16)4-6-14-12(11)17(7-5-13)9-2-3-9/h4,6,8-9H,2-3,5,7H2,1H3. The van der Waals surface area contributed by atoms with Crippen LogP contribution in [0.5, 0.6) is 0 Å². The molecule has 3 rings (SSSR count). The van der Waals surface area contributed by atoms with Gasteiger partial charge in [0.2, 0.25) is 0 Å². The molecule has 2 aromatic heterocycles. The van der Waals surface area contributed by atoms with E-state index in [2.05, 4.69) is 30.8 Å². The van der Waals surface area contributed by atoms with Gasteiger partial charge in [0.15, 0.2) is 5.82 Å². The third-order valence-electron chi connectivity index (χ3n) is 3.21. The molecule has 2 heterocycles. The Labute approximate surface area is 109 Å². The van der Waals surface area contributed by atoms with Crippen LogP contribution in [-0.2, 0) is 7.05 Å². The molecule has 1 fully saturated rings. The van der Waals surface area contributed by atoms with Gasteiger partial charge in [-0.25, -0.2) is 9.97 Å². The average Bonchev–Trinajstić information content (AvgIpc) is 3.11. The zero-order valence-electron chi connectivity index (χ0n) is 9.80. The maximum Gasteiger partial charge on any atom is 0.157 e. The Kier molecular flexibility index (Phi) is 2.78. The first-order chi connectivity index (χ1) is 8.31. The molecule has 2 aromatic rings. The summed E-state index contributed by atoms with van der Waals surface area (Å²) in [5, 5.41) is 0.967. The normalized spacial score (nSPS) is 15.4. The second-order valence-electron chi connectivity index (χ2n) is 4.47. The third-order valence-corrected chi connectivity index (χ3v) is 3.56. The van der Waals surface area contributed by atoms with E-state index in [-0.39, 0.29) is 0 Å². The number of rotatable bonds is 4. The van der Waals surface area contributed by atoms with Gasteiger partial charge in [-0.2, -0.15) is 0 Å². The van der Waals surface area contributed by atoms with Gasteiger partial charge >= 0.3 is 0 Å². The van der Waals surface area contributed by atoms with Crippen LogP contribution >= 0.6 is 15.9 Å². The van der Waals surface area contributed by atoms with Crippen LogP contribution in [0.4, 0.5) is 5.82 Å². The Morgan fingerprint density at radius 1 is 1.47 bits per heavy atom. The molecule has 1 saturated carbocycles. The highest BCUT2D eigenvalue weighted by atomic mass is 79.9. The summed E-state index contributed by atoms with van der Waals surface area (Å²) in [6.07, 6.45) is 6.29. The molecule has 5 heteroatoms. The van der Waals surface area contributed by atoms with Gasteiger partial charge in [0, 0.05) is 31.2 Å². The van der Waals surface area contributed by atoms with Crippen molar-refractivity contribution in [2.45, 2.75) is 18.9 Å². The zero-order chi connectivity index (χ0) is 11.8. The molecule has 1 aliphatic rings. The monoisotopic (exact) mass is 294 g/mol. The number of anilines is 1. The number of halogens is 1. The SMILES string of the molecule is Cn1cnc2c(N(CCBr)C3CC3)nccc21. The van der Waals surface area contributed by atoms with Crippen LogP contribution in [-0.4, -0.2) is 32.5 Å². The second kappa shape index (κ2) is 4.29. The topological polar surface area (TPSA) is 34.0 Å². The molecule has 4 nitrogen and oxygen atoms in total. The van der Waals surface area contributed by atoms with Crippen LogP contribution in [0.25, 0.3) is 11.0 Å². The summed E-state index contributed by atoms with van der Waals surface area (Å²) in [6.45, 7) is 0.993. The molecule has 0 atom stereocenters. The first kappa shape index (κ1) is 11.0. The number of imidazole rings is 1. The molecule has 1 aliphatic carbocycles. The largest absolute Gasteiger partial charge is 0.351 e. The minimum Gasteiger partial charge on any atom is -0.351 e. The van der Waals surface area contributed by atoms with E-state index in [1.807, 2.05) is 30.2 Å². The fraction of sp³-hybridized carbons (Fsp3) is 0.500. The molecule has 0 aromatic carbocycles. The van der Waals surface area contributed by atoms with Gasteiger partial charge in [-0.05, 0) is 18.9 Å². The first-order valence-corrected chi connectivity index (χ1v) is 7.02. The molecular weight excluding hydrogens is 280 g/mol. The van der Waals surface area contributed by atoms with Crippen LogP contribution in [0.2, 0.25) is 0 Å². The molecule has 0 bridgehead atoms. The minimum absolute atomic E-state index is 0.660. The predicted octanol–water partition coefficient (Wildman–Crippen LogP) is 2.33. The van der Waals surface area contributed by atoms with E-state index >= 15 is 0 Å². The highest BCUT2D eigenvalue weighted by Crippen LogP contribution is 2.33. The number of aryl methyl sites for hydroxylation is 1. The van der Waals surface area contributed by atoms with Gasteiger partial charge in [0.05, 0.1) is 11.8 Å².